The summed E-state index contributed by atoms with van der Waals surface area (Å²) >= 11 is 7.20. The average Bonchev–Trinajstić information content (AvgIpc) is 3.11. The molecule has 1 atom stereocenters. The van der Waals surface area contributed by atoms with E-state index in [2.05, 4.69) is 29.4 Å². The van der Waals surface area contributed by atoms with Gasteiger partial charge < -0.3 is 4.74 Å². The number of nitrogens with zero attached hydrogens (tertiary/aromatic N) is 2. The van der Waals surface area contributed by atoms with Gasteiger partial charge in [0.15, 0.2) is 6.10 Å². The second kappa shape index (κ2) is 8.50. The maximum atomic E-state index is 12.5. The van der Waals surface area contributed by atoms with Gasteiger partial charge in [0.25, 0.3) is 5.91 Å². The van der Waals surface area contributed by atoms with Crippen LogP contribution in [0.5, 0.6) is 5.75 Å². The highest BCUT2D eigenvalue weighted by Crippen LogP contribution is 2.29. The van der Waals surface area contributed by atoms with Crippen molar-refractivity contribution in [1.29, 1.82) is 0 Å². The zero-order chi connectivity index (χ0) is 19.4. The second-order valence-corrected chi connectivity index (χ2v) is 7.78. The molecule has 3 rings (SSSR count). The predicted octanol–water partition coefficient (Wildman–Crippen LogP) is 5.39. The van der Waals surface area contributed by atoms with Gasteiger partial charge in [-0.3, -0.25) is 10.1 Å². The topological polar surface area (TPSA) is 64.1 Å². The van der Waals surface area contributed by atoms with Crippen LogP contribution in [0.2, 0.25) is 5.02 Å². The minimum Gasteiger partial charge on any atom is -0.481 e. The quantitative estimate of drug-likeness (QED) is 0.601. The smallest absolute Gasteiger partial charge is 0.266 e. The van der Waals surface area contributed by atoms with Crippen molar-refractivity contribution in [3.8, 4) is 16.3 Å². The first-order valence-electron chi connectivity index (χ1n) is 8.60. The number of ether oxygens (including phenoxy) is 1. The van der Waals surface area contributed by atoms with Crippen LogP contribution in [-0.2, 0) is 4.79 Å². The van der Waals surface area contributed by atoms with Crippen LogP contribution in [0.3, 0.4) is 0 Å². The Morgan fingerprint density at radius 2 is 1.78 bits per heavy atom. The fraction of sp³-hybridized carbons (Fsp3) is 0.250. The second-order valence-electron chi connectivity index (χ2n) is 6.36. The molecule has 0 aliphatic carbocycles. The molecular weight excluding hydrogens is 382 g/mol. The zero-order valence-electron chi connectivity index (χ0n) is 15.3. The lowest BCUT2D eigenvalue weighted by molar-refractivity contribution is -0.122. The van der Waals surface area contributed by atoms with Gasteiger partial charge in [-0.25, -0.2) is 0 Å². The van der Waals surface area contributed by atoms with Crippen molar-refractivity contribution >= 4 is 34.0 Å². The number of aromatic nitrogens is 2. The first-order chi connectivity index (χ1) is 12.9. The van der Waals surface area contributed by atoms with E-state index in [0.29, 0.717) is 26.8 Å². The van der Waals surface area contributed by atoms with E-state index in [1.165, 1.54) is 11.3 Å². The standard InChI is InChI=1S/C20H20ClN3O2S/c1-12(2)16-6-4-5-7-17(16)26-13(3)18(25)22-20-24-23-19(27-20)14-8-10-15(21)11-9-14/h4-13H,1-3H3,(H,22,24,25)/t13-/m0/s1. The molecule has 2 aromatic carbocycles. The molecule has 5 nitrogen and oxygen atoms in total. The summed E-state index contributed by atoms with van der Waals surface area (Å²) in [6.45, 7) is 5.90. The highest BCUT2D eigenvalue weighted by atomic mass is 35.5. The van der Waals surface area contributed by atoms with E-state index in [4.69, 9.17) is 16.3 Å². The molecule has 0 fully saturated rings. The molecule has 0 aliphatic heterocycles. The molecule has 1 N–H and O–H groups in total. The Labute approximate surface area is 167 Å². The number of nitrogens with one attached hydrogen (secondary N) is 1. The summed E-state index contributed by atoms with van der Waals surface area (Å²) in [5.41, 5.74) is 1.96. The fourth-order valence-electron chi connectivity index (χ4n) is 2.50. The van der Waals surface area contributed by atoms with Gasteiger partial charge in [-0.1, -0.05) is 67.1 Å². The van der Waals surface area contributed by atoms with Crippen LogP contribution in [-0.4, -0.2) is 22.2 Å². The van der Waals surface area contributed by atoms with Crippen molar-refractivity contribution < 1.29 is 9.53 Å². The van der Waals surface area contributed by atoms with Gasteiger partial charge >= 0.3 is 0 Å². The van der Waals surface area contributed by atoms with Crippen molar-refractivity contribution in [3.05, 3.63) is 59.1 Å². The summed E-state index contributed by atoms with van der Waals surface area (Å²) in [5.74, 6) is 0.753. The lowest BCUT2D eigenvalue weighted by atomic mass is 10.0. The molecule has 0 spiro atoms. The van der Waals surface area contributed by atoms with Gasteiger partial charge in [0.05, 0.1) is 0 Å². The van der Waals surface area contributed by atoms with Gasteiger partial charge in [0.1, 0.15) is 10.8 Å². The lowest BCUT2D eigenvalue weighted by Crippen LogP contribution is -2.30. The Morgan fingerprint density at radius 1 is 1.07 bits per heavy atom. The van der Waals surface area contributed by atoms with Crippen molar-refractivity contribution in [3.63, 3.8) is 0 Å². The van der Waals surface area contributed by atoms with Gasteiger partial charge in [-0.05, 0) is 36.6 Å². The van der Waals surface area contributed by atoms with E-state index in [-0.39, 0.29) is 5.91 Å². The molecule has 0 bridgehead atoms. The largest absolute Gasteiger partial charge is 0.481 e. The lowest BCUT2D eigenvalue weighted by Gasteiger charge is -2.18. The molecule has 1 aromatic heterocycles. The third-order valence-electron chi connectivity index (χ3n) is 3.96. The Kier molecular flexibility index (Phi) is 6.08. The van der Waals surface area contributed by atoms with Crippen molar-refractivity contribution in [2.75, 3.05) is 5.32 Å². The van der Waals surface area contributed by atoms with Crippen LogP contribution in [0, 0.1) is 0 Å². The highest BCUT2D eigenvalue weighted by Gasteiger charge is 2.19. The molecule has 0 radical (unpaired) electrons. The van der Waals surface area contributed by atoms with Gasteiger partial charge in [-0.15, -0.1) is 10.2 Å². The number of benzene rings is 2. The Hall–Kier alpha value is -2.44. The van der Waals surface area contributed by atoms with Crippen molar-refractivity contribution in [2.45, 2.75) is 32.8 Å². The van der Waals surface area contributed by atoms with Crippen LogP contribution in [0.1, 0.15) is 32.3 Å². The molecule has 3 aromatic rings. The third kappa shape index (κ3) is 4.84. The van der Waals surface area contributed by atoms with Crippen LogP contribution in [0.4, 0.5) is 5.13 Å². The number of amides is 1. The normalized spacial score (nSPS) is 12.0. The molecule has 1 heterocycles. The van der Waals surface area contributed by atoms with E-state index in [0.717, 1.165) is 11.1 Å². The number of halogens is 1. The zero-order valence-corrected chi connectivity index (χ0v) is 16.8. The van der Waals surface area contributed by atoms with Gasteiger partial charge in [0, 0.05) is 10.6 Å². The SMILES string of the molecule is CC(C)c1ccccc1O[C@@H](C)C(=O)Nc1nnc(-c2ccc(Cl)cc2)s1. The summed E-state index contributed by atoms with van der Waals surface area (Å²) in [6, 6.07) is 15.1. The van der Waals surface area contributed by atoms with E-state index in [1.54, 1.807) is 19.1 Å². The molecule has 0 unspecified atom stereocenters. The number of carbonyl (C=O) groups is 1. The summed E-state index contributed by atoms with van der Waals surface area (Å²) < 4.78 is 5.88. The fourth-order valence-corrected chi connectivity index (χ4v) is 3.38. The van der Waals surface area contributed by atoms with Gasteiger partial charge in [-0.2, -0.15) is 0 Å². The number of rotatable bonds is 6. The minimum absolute atomic E-state index is 0.271. The van der Waals surface area contributed by atoms with Crippen LogP contribution in [0.15, 0.2) is 48.5 Å². The molecule has 1 amide bonds. The van der Waals surface area contributed by atoms with Gasteiger partial charge in [0.2, 0.25) is 5.13 Å². The molecule has 7 heteroatoms. The average molecular weight is 402 g/mol. The summed E-state index contributed by atoms with van der Waals surface area (Å²) in [4.78, 5) is 12.5. The van der Waals surface area contributed by atoms with E-state index >= 15 is 0 Å². The third-order valence-corrected chi connectivity index (χ3v) is 5.10. The van der Waals surface area contributed by atoms with Crippen LogP contribution in [0.25, 0.3) is 10.6 Å². The van der Waals surface area contributed by atoms with Crippen molar-refractivity contribution in [1.82, 2.24) is 10.2 Å². The molecule has 27 heavy (non-hydrogen) atoms. The Bertz CT molecular complexity index is 925. The molecule has 140 valence electrons. The molecule has 0 saturated carbocycles. The summed E-state index contributed by atoms with van der Waals surface area (Å²) in [6.07, 6.45) is -0.659. The monoisotopic (exact) mass is 401 g/mol. The van der Waals surface area contributed by atoms with Crippen LogP contribution >= 0.6 is 22.9 Å². The molecular formula is C20H20ClN3O2S. The first kappa shape index (κ1) is 19.3. The van der Waals surface area contributed by atoms with E-state index in [1.807, 2.05) is 36.4 Å². The maximum absolute atomic E-state index is 12.5. The Morgan fingerprint density at radius 3 is 2.48 bits per heavy atom. The van der Waals surface area contributed by atoms with Crippen LogP contribution < -0.4 is 10.1 Å². The van der Waals surface area contributed by atoms with E-state index < -0.39 is 6.10 Å². The first-order valence-corrected chi connectivity index (χ1v) is 9.79. The van der Waals surface area contributed by atoms with Crippen molar-refractivity contribution in [2.24, 2.45) is 0 Å². The summed E-state index contributed by atoms with van der Waals surface area (Å²) in [7, 11) is 0. The molecule has 0 aliphatic rings. The number of hydrogen-bond acceptors (Lipinski definition) is 5. The highest BCUT2D eigenvalue weighted by molar-refractivity contribution is 7.18. The number of para-hydroxylation sites is 1. The number of anilines is 1. The maximum Gasteiger partial charge on any atom is 0.266 e. The molecule has 0 saturated heterocycles. The predicted molar refractivity (Wildman–Crippen MR) is 110 cm³/mol. The number of carbonyl (C=O) groups excluding carboxylic acids is 1. The summed E-state index contributed by atoms with van der Waals surface area (Å²) in [5, 5.41) is 12.7. The van der Waals surface area contributed by atoms with E-state index in [9.17, 15) is 4.79 Å². The Balaban J connectivity index is 1.66. The number of hydrogen-bond donors (Lipinski definition) is 1. The minimum atomic E-state index is -0.659.